The smallest absolute Gasteiger partial charge is 0.338 e. The number of amides is 2. The van der Waals surface area contributed by atoms with Gasteiger partial charge in [-0.2, -0.15) is 0 Å². The van der Waals surface area contributed by atoms with Crippen LogP contribution in [0.1, 0.15) is 23.2 Å². The van der Waals surface area contributed by atoms with Gasteiger partial charge in [-0.15, -0.1) is 0 Å². The molecule has 10 nitrogen and oxygen atoms in total. The third-order valence-electron chi connectivity index (χ3n) is 5.72. The number of nitrogens with zero attached hydrogens (tertiary/aromatic N) is 3. The van der Waals surface area contributed by atoms with Crippen LogP contribution in [0, 0.1) is 16.0 Å². The number of carbonyl (C=O) groups is 3. The first kappa shape index (κ1) is 22.3. The molecule has 2 amide bonds. The van der Waals surface area contributed by atoms with Crippen molar-refractivity contribution in [2.75, 3.05) is 43.0 Å². The number of piperazine rings is 1. The Morgan fingerprint density at radius 1 is 0.970 bits per heavy atom. The van der Waals surface area contributed by atoms with Crippen LogP contribution in [0.25, 0.3) is 0 Å². The molecule has 2 fully saturated rings. The molecule has 172 valence electrons. The Kier molecular flexibility index (Phi) is 6.53. The van der Waals surface area contributed by atoms with Gasteiger partial charge >= 0.3 is 5.97 Å². The number of nitro benzene ring substituents is 1. The lowest BCUT2D eigenvalue weighted by Gasteiger charge is -2.36. The van der Waals surface area contributed by atoms with Crippen molar-refractivity contribution in [3.05, 3.63) is 64.2 Å². The SMILES string of the molecule is O=C(OCC(=O)N1CCN(c2ccc([N+](=O)[O-])cc2)CC1)c1ccc(NC(=O)C2CC2)cc1. The van der Waals surface area contributed by atoms with Crippen molar-refractivity contribution in [1.29, 1.82) is 0 Å². The summed E-state index contributed by atoms with van der Waals surface area (Å²) in [4.78, 5) is 50.5. The zero-order valence-electron chi connectivity index (χ0n) is 17.9. The van der Waals surface area contributed by atoms with Gasteiger partial charge in [0.05, 0.1) is 10.5 Å². The number of hydrogen-bond donors (Lipinski definition) is 1. The number of hydrogen-bond acceptors (Lipinski definition) is 7. The van der Waals surface area contributed by atoms with E-state index in [1.807, 2.05) is 4.90 Å². The van der Waals surface area contributed by atoms with Crippen LogP contribution in [-0.4, -0.2) is 60.4 Å². The fourth-order valence-corrected chi connectivity index (χ4v) is 3.58. The standard InChI is InChI=1S/C23H24N4O6/c28-21(26-13-11-25(12-14-26)19-7-9-20(10-8-19)27(31)32)15-33-23(30)17-3-5-18(6-4-17)24-22(29)16-1-2-16/h3-10,16H,1-2,11-15H2,(H,24,29). The molecule has 4 rings (SSSR count). The van der Waals surface area contributed by atoms with Crippen LogP contribution in [0.4, 0.5) is 17.1 Å². The molecule has 0 aromatic heterocycles. The van der Waals surface area contributed by atoms with Gasteiger partial charge in [0.2, 0.25) is 5.91 Å². The topological polar surface area (TPSA) is 122 Å². The summed E-state index contributed by atoms with van der Waals surface area (Å²) in [6.45, 7) is 1.72. The number of ether oxygens (including phenoxy) is 1. The van der Waals surface area contributed by atoms with E-state index < -0.39 is 10.9 Å². The number of anilines is 2. The highest BCUT2D eigenvalue weighted by molar-refractivity contribution is 5.95. The summed E-state index contributed by atoms with van der Waals surface area (Å²) in [6.07, 6.45) is 1.83. The molecule has 2 aromatic carbocycles. The van der Waals surface area contributed by atoms with Gasteiger partial charge in [-0.05, 0) is 49.2 Å². The number of nitrogens with one attached hydrogen (secondary N) is 1. The largest absolute Gasteiger partial charge is 0.452 e. The third-order valence-corrected chi connectivity index (χ3v) is 5.72. The molecule has 0 atom stereocenters. The lowest BCUT2D eigenvalue weighted by atomic mass is 10.2. The number of benzene rings is 2. The molecule has 1 saturated heterocycles. The number of carbonyl (C=O) groups excluding carboxylic acids is 3. The molecule has 33 heavy (non-hydrogen) atoms. The van der Waals surface area contributed by atoms with Crippen molar-refractivity contribution < 1.29 is 24.0 Å². The molecule has 10 heteroatoms. The molecule has 0 bridgehead atoms. The van der Waals surface area contributed by atoms with Crippen LogP contribution >= 0.6 is 0 Å². The first-order valence-corrected chi connectivity index (χ1v) is 10.8. The molecule has 2 aliphatic rings. The lowest BCUT2D eigenvalue weighted by molar-refractivity contribution is -0.384. The van der Waals surface area contributed by atoms with Gasteiger partial charge < -0.3 is 19.9 Å². The van der Waals surface area contributed by atoms with Gasteiger partial charge in [-0.25, -0.2) is 4.79 Å². The lowest BCUT2D eigenvalue weighted by Crippen LogP contribution is -2.49. The third kappa shape index (κ3) is 5.65. The van der Waals surface area contributed by atoms with Crippen LogP contribution in [-0.2, 0) is 14.3 Å². The molecular weight excluding hydrogens is 428 g/mol. The normalized spacial score (nSPS) is 15.6. The second-order valence-electron chi connectivity index (χ2n) is 8.06. The number of esters is 1. The van der Waals surface area contributed by atoms with Crippen molar-refractivity contribution in [3.8, 4) is 0 Å². The average Bonchev–Trinajstić information content (AvgIpc) is 3.69. The van der Waals surface area contributed by atoms with E-state index in [2.05, 4.69) is 5.32 Å². The quantitative estimate of drug-likeness (QED) is 0.389. The van der Waals surface area contributed by atoms with E-state index in [-0.39, 0.29) is 30.0 Å². The highest BCUT2D eigenvalue weighted by Crippen LogP contribution is 2.30. The van der Waals surface area contributed by atoms with Gasteiger partial charge in [0.25, 0.3) is 11.6 Å². The first-order chi connectivity index (χ1) is 15.9. The van der Waals surface area contributed by atoms with E-state index in [9.17, 15) is 24.5 Å². The van der Waals surface area contributed by atoms with Gasteiger partial charge in [-0.1, -0.05) is 0 Å². The number of non-ortho nitro benzene ring substituents is 1. The summed E-state index contributed by atoms with van der Waals surface area (Å²) in [7, 11) is 0. The van der Waals surface area contributed by atoms with Crippen molar-refractivity contribution in [2.45, 2.75) is 12.8 Å². The van der Waals surface area contributed by atoms with Crippen molar-refractivity contribution in [3.63, 3.8) is 0 Å². The molecule has 2 aromatic rings. The van der Waals surface area contributed by atoms with Crippen LogP contribution < -0.4 is 10.2 Å². The van der Waals surface area contributed by atoms with Gasteiger partial charge in [0.15, 0.2) is 6.61 Å². The Morgan fingerprint density at radius 3 is 2.18 bits per heavy atom. The van der Waals surface area contributed by atoms with E-state index >= 15 is 0 Å². The molecule has 0 radical (unpaired) electrons. The summed E-state index contributed by atoms with van der Waals surface area (Å²) < 4.78 is 5.16. The Bertz CT molecular complexity index is 1040. The highest BCUT2D eigenvalue weighted by atomic mass is 16.6. The Hall–Kier alpha value is -3.95. The average molecular weight is 452 g/mol. The minimum Gasteiger partial charge on any atom is -0.452 e. The van der Waals surface area contributed by atoms with Gasteiger partial charge in [0.1, 0.15) is 0 Å². The van der Waals surface area contributed by atoms with E-state index in [0.717, 1.165) is 18.5 Å². The first-order valence-electron chi connectivity index (χ1n) is 10.8. The zero-order chi connectivity index (χ0) is 23.4. The van der Waals surface area contributed by atoms with E-state index in [1.165, 1.54) is 12.1 Å². The van der Waals surface area contributed by atoms with Crippen molar-refractivity contribution >= 4 is 34.8 Å². The maximum atomic E-state index is 12.4. The minimum atomic E-state index is -0.604. The van der Waals surface area contributed by atoms with Crippen LogP contribution in [0.15, 0.2) is 48.5 Å². The zero-order valence-corrected chi connectivity index (χ0v) is 17.9. The molecule has 0 spiro atoms. The Balaban J connectivity index is 1.21. The van der Waals surface area contributed by atoms with E-state index in [4.69, 9.17) is 4.74 Å². The molecular formula is C23H24N4O6. The summed E-state index contributed by atoms with van der Waals surface area (Å²) in [5, 5.41) is 13.6. The Morgan fingerprint density at radius 2 is 1.61 bits per heavy atom. The van der Waals surface area contributed by atoms with Crippen LogP contribution in [0.2, 0.25) is 0 Å². The molecule has 1 heterocycles. The van der Waals surface area contributed by atoms with E-state index in [0.29, 0.717) is 37.4 Å². The summed E-state index contributed by atoms with van der Waals surface area (Å²) in [6, 6.07) is 12.7. The fraction of sp³-hybridized carbons (Fsp3) is 0.348. The molecule has 1 aliphatic carbocycles. The summed E-state index contributed by atoms with van der Waals surface area (Å²) >= 11 is 0. The molecule has 1 N–H and O–H groups in total. The van der Waals surface area contributed by atoms with Crippen LogP contribution in [0.3, 0.4) is 0 Å². The van der Waals surface area contributed by atoms with Gasteiger partial charge in [-0.3, -0.25) is 19.7 Å². The predicted molar refractivity (Wildman–Crippen MR) is 120 cm³/mol. The second kappa shape index (κ2) is 9.68. The minimum absolute atomic E-state index is 0.00963. The molecule has 1 aliphatic heterocycles. The Labute approximate surface area is 190 Å². The maximum absolute atomic E-state index is 12.4. The molecule has 1 saturated carbocycles. The van der Waals surface area contributed by atoms with Crippen molar-refractivity contribution in [1.82, 2.24) is 4.90 Å². The monoisotopic (exact) mass is 452 g/mol. The highest BCUT2D eigenvalue weighted by Gasteiger charge is 2.29. The second-order valence-corrected chi connectivity index (χ2v) is 8.06. The van der Waals surface area contributed by atoms with Crippen LogP contribution in [0.5, 0.6) is 0 Å². The maximum Gasteiger partial charge on any atom is 0.338 e. The number of rotatable bonds is 7. The summed E-state index contributed by atoms with van der Waals surface area (Å²) in [5.74, 6) is -0.797. The molecule has 0 unspecified atom stereocenters. The number of nitro groups is 1. The fourth-order valence-electron chi connectivity index (χ4n) is 3.58. The van der Waals surface area contributed by atoms with E-state index in [1.54, 1.807) is 41.3 Å². The van der Waals surface area contributed by atoms with Crippen molar-refractivity contribution in [2.24, 2.45) is 5.92 Å². The summed E-state index contributed by atoms with van der Waals surface area (Å²) in [5.41, 5.74) is 1.81. The van der Waals surface area contributed by atoms with Gasteiger partial charge in [0, 0.05) is 55.6 Å². The predicted octanol–water partition coefficient (Wildman–Crippen LogP) is 2.45.